The second-order valence-electron chi connectivity index (χ2n) is 5.97. The molecule has 0 fully saturated rings. The van der Waals surface area contributed by atoms with E-state index in [2.05, 4.69) is 43.1 Å². The van der Waals surface area contributed by atoms with Crippen LogP contribution < -0.4 is 15.6 Å². The molecule has 0 aliphatic heterocycles. The maximum atomic E-state index is 12.6. The van der Waals surface area contributed by atoms with Crippen molar-refractivity contribution in [3.63, 3.8) is 0 Å². The minimum absolute atomic E-state index is 0. The molecule has 156 valence electrons. The number of aromatic amines is 1. The Balaban J connectivity index is 0.00000300. The molecule has 0 unspecified atom stereocenters. The van der Waals surface area contributed by atoms with E-state index >= 15 is 0 Å². The minimum Gasteiger partial charge on any atom is -0.329 e. The highest BCUT2D eigenvalue weighted by atomic mass is 79.9. The van der Waals surface area contributed by atoms with Gasteiger partial charge in [0.25, 0.3) is 5.56 Å². The molecule has 3 aromatic rings. The van der Waals surface area contributed by atoms with Crippen LogP contribution >= 0.6 is 40.1 Å². The summed E-state index contributed by atoms with van der Waals surface area (Å²) in [6.45, 7) is 1.56. The number of hydrogen-bond donors (Lipinski definition) is 3. The molecule has 29 heavy (non-hydrogen) atoms. The topological polar surface area (TPSA) is 91.1 Å². The van der Waals surface area contributed by atoms with Gasteiger partial charge < -0.3 is 10.3 Å². The largest absolute Gasteiger partial charge is 0.329 e. The van der Waals surface area contributed by atoms with E-state index in [1.807, 2.05) is 12.1 Å². The van der Waals surface area contributed by atoms with E-state index in [1.54, 1.807) is 30.0 Å². The molecule has 1 aromatic heterocycles. The molecule has 0 bridgehead atoms. The van der Waals surface area contributed by atoms with Gasteiger partial charge in [-0.05, 0) is 42.5 Å². The molecule has 0 saturated carbocycles. The third-order valence-electron chi connectivity index (χ3n) is 4.02. The molecule has 10 heteroatoms. The fourth-order valence-corrected chi connectivity index (χ4v) is 5.00. The molecule has 0 amide bonds. The van der Waals surface area contributed by atoms with Crippen molar-refractivity contribution in [2.75, 3.05) is 25.4 Å². The van der Waals surface area contributed by atoms with E-state index in [1.165, 1.54) is 17.2 Å². The Labute approximate surface area is 188 Å². The molecule has 2 aromatic carbocycles. The van der Waals surface area contributed by atoms with Gasteiger partial charge in [0, 0.05) is 51.7 Å². The van der Waals surface area contributed by atoms with E-state index in [0.717, 1.165) is 16.8 Å². The SMILES string of the molecule is Cl.O=c1[nH]ccc2c(S(=O)(=O)NCCNCCSc3ccc(Br)cc3)cccc12. The van der Waals surface area contributed by atoms with Crippen molar-refractivity contribution < 1.29 is 8.42 Å². The normalized spacial score (nSPS) is 11.3. The van der Waals surface area contributed by atoms with Crippen LogP contribution in [0.5, 0.6) is 0 Å². The zero-order valence-electron chi connectivity index (χ0n) is 15.4. The number of halogens is 2. The van der Waals surface area contributed by atoms with Crippen molar-refractivity contribution in [3.8, 4) is 0 Å². The van der Waals surface area contributed by atoms with Crippen LogP contribution in [0.25, 0.3) is 10.8 Å². The highest BCUT2D eigenvalue weighted by molar-refractivity contribution is 9.10. The number of benzene rings is 2. The summed E-state index contributed by atoms with van der Waals surface area (Å²) >= 11 is 5.15. The van der Waals surface area contributed by atoms with Crippen LogP contribution in [-0.2, 0) is 10.0 Å². The van der Waals surface area contributed by atoms with Gasteiger partial charge in [0.15, 0.2) is 0 Å². The van der Waals surface area contributed by atoms with Gasteiger partial charge >= 0.3 is 0 Å². The molecule has 0 aliphatic rings. The second-order valence-corrected chi connectivity index (χ2v) is 9.79. The summed E-state index contributed by atoms with van der Waals surface area (Å²) in [6.07, 6.45) is 1.45. The maximum Gasteiger partial charge on any atom is 0.255 e. The fourth-order valence-electron chi connectivity index (χ4n) is 2.68. The number of thioether (sulfide) groups is 1. The summed E-state index contributed by atoms with van der Waals surface area (Å²) in [5.41, 5.74) is -0.306. The first-order chi connectivity index (χ1) is 13.5. The molecule has 0 radical (unpaired) electrons. The Morgan fingerprint density at radius 1 is 0.966 bits per heavy atom. The number of rotatable bonds is 9. The lowest BCUT2D eigenvalue weighted by atomic mass is 10.2. The maximum absolute atomic E-state index is 12.6. The van der Waals surface area contributed by atoms with Crippen LogP contribution in [0, 0.1) is 0 Å². The van der Waals surface area contributed by atoms with Crippen molar-refractivity contribution in [1.29, 1.82) is 0 Å². The van der Waals surface area contributed by atoms with E-state index < -0.39 is 10.0 Å². The predicted octanol–water partition coefficient (Wildman–Crippen LogP) is 3.37. The summed E-state index contributed by atoms with van der Waals surface area (Å²) in [4.78, 5) is 15.7. The number of aromatic nitrogens is 1. The van der Waals surface area contributed by atoms with Gasteiger partial charge in [-0.3, -0.25) is 4.79 Å². The predicted molar refractivity (Wildman–Crippen MR) is 125 cm³/mol. The Kier molecular flexibility index (Phi) is 9.19. The average Bonchev–Trinajstić information content (AvgIpc) is 2.68. The molecule has 0 atom stereocenters. The van der Waals surface area contributed by atoms with Crippen LogP contribution in [0.2, 0.25) is 0 Å². The monoisotopic (exact) mass is 517 g/mol. The molecule has 1 heterocycles. The van der Waals surface area contributed by atoms with Crippen molar-refractivity contribution >= 4 is 60.9 Å². The van der Waals surface area contributed by atoms with E-state index in [-0.39, 0.29) is 29.4 Å². The van der Waals surface area contributed by atoms with E-state index in [9.17, 15) is 13.2 Å². The van der Waals surface area contributed by atoms with Gasteiger partial charge in [0.2, 0.25) is 10.0 Å². The number of sulfonamides is 1. The smallest absolute Gasteiger partial charge is 0.255 e. The summed E-state index contributed by atoms with van der Waals surface area (Å²) in [5, 5.41) is 3.99. The van der Waals surface area contributed by atoms with Crippen molar-refractivity contribution in [2.45, 2.75) is 9.79 Å². The zero-order valence-corrected chi connectivity index (χ0v) is 19.4. The molecule has 0 spiro atoms. The fraction of sp³-hybridized carbons (Fsp3) is 0.211. The Morgan fingerprint density at radius 3 is 2.48 bits per heavy atom. The molecule has 3 rings (SSSR count). The van der Waals surface area contributed by atoms with Crippen LogP contribution in [0.4, 0.5) is 0 Å². The molecule has 6 nitrogen and oxygen atoms in total. The molecular weight excluding hydrogens is 498 g/mol. The average molecular weight is 519 g/mol. The Hall–Kier alpha value is -1.36. The number of hydrogen-bond acceptors (Lipinski definition) is 5. The van der Waals surface area contributed by atoms with Gasteiger partial charge in [-0.15, -0.1) is 24.2 Å². The Bertz CT molecular complexity index is 1110. The minimum atomic E-state index is -3.70. The zero-order chi connectivity index (χ0) is 20.0. The highest BCUT2D eigenvalue weighted by Gasteiger charge is 2.17. The van der Waals surface area contributed by atoms with E-state index in [0.29, 0.717) is 17.3 Å². The summed E-state index contributed by atoms with van der Waals surface area (Å²) < 4.78 is 28.8. The third-order valence-corrected chi connectivity index (χ3v) is 7.08. The van der Waals surface area contributed by atoms with Crippen LogP contribution in [0.15, 0.2) is 73.8 Å². The quantitative estimate of drug-likeness (QED) is 0.298. The number of nitrogens with one attached hydrogen (secondary N) is 3. The number of pyridine rings is 1. The van der Waals surface area contributed by atoms with Gasteiger partial charge in [-0.25, -0.2) is 13.1 Å². The van der Waals surface area contributed by atoms with Crippen LogP contribution in [-0.4, -0.2) is 38.8 Å². The molecular formula is C19H21BrClN3O3S2. The van der Waals surface area contributed by atoms with Gasteiger partial charge in [0.05, 0.1) is 4.90 Å². The summed E-state index contributed by atoms with van der Waals surface area (Å²) in [7, 11) is -3.70. The van der Waals surface area contributed by atoms with Crippen LogP contribution in [0.1, 0.15) is 0 Å². The van der Waals surface area contributed by atoms with Gasteiger partial charge in [-0.1, -0.05) is 22.0 Å². The van der Waals surface area contributed by atoms with Gasteiger partial charge in [0.1, 0.15) is 0 Å². The lowest BCUT2D eigenvalue weighted by Gasteiger charge is -2.10. The van der Waals surface area contributed by atoms with Crippen molar-refractivity contribution in [2.24, 2.45) is 0 Å². The first-order valence-electron chi connectivity index (χ1n) is 8.66. The number of H-pyrrole nitrogens is 1. The van der Waals surface area contributed by atoms with Crippen molar-refractivity contribution in [1.82, 2.24) is 15.0 Å². The lowest BCUT2D eigenvalue weighted by Crippen LogP contribution is -2.32. The van der Waals surface area contributed by atoms with Crippen LogP contribution in [0.3, 0.4) is 0 Å². The number of fused-ring (bicyclic) bond motifs is 1. The molecule has 3 N–H and O–H groups in total. The lowest BCUT2D eigenvalue weighted by molar-refractivity contribution is 0.578. The van der Waals surface area contributed by atoms with Crippen molar-refractivity contribution in [3.05, 3.63) is 69.6 Å². The van der Waals surface area contributed by atoms with E-state index in [4.69, 9.17) is 0 Å². The highest BCUT2D eigenvalue weighted by Crippen LogP contribution is 2.20. The standard InChI is InChI=1S/C19H20BrN3O3S2.ClH/c20-14-4-6-15(7-5-14)27-13-12-21-10-11-23-28(25,26)18-3-1-2-17-16(18)8-9-22-19(17)24;/h1-9,21,23H,10-13H2,(H,22,24);1H. The van der Waals surface area contributed by atoms with Gasteiger partial charge in [-0.2, -0.15) is 0 Å². The Morgan fingerprint density at radius 2 is 1.72 bits per heavy atom. The summed E-state index contributed by atoms with van der Waals surface area (Å²) in [6, 6.07) is 14.4. The second kappa shape index (κ2) is 11.1. The summed E-state index contributed by atoms with van der Waals surface area (Å²) in [5.74, 6) is 0.889. The third kappa shape index (κ3) is 6.56. The molecule has 0 aliphatic carbocycles. The first-order valence-corrected chi connectivity index (χ1v) is 11.9. The molecule has 0 saturated heterocycles. The first kappa shape index (κ1) is 23.9.